The molecule has 0 radical (unpaired) electrons. The zero-order chi connectivity index (χ0) is 22.4. The molecule has 0 aromatic heterocycles. The van der Waals surface area contributed by atoms with Gasteiger partial charge >= 0.3 is 12.5 Å². The minimum absolute atomic E-state index is 0.0117. The predicted octanol–water partition coefficient (Wildman–Crippen LogP) is 3.66. The molecule has 2 amide bonds. The Morgan fingerprint density at radius 1 is 1.21 bits per heavy atom. The highest BCUT2D eigenvalue weighted by Crippen LogP contribution is 2.25. The van der Waals surface area contributed by atoms with E-state index < -0.39 is 47.1 Å². The second-order valence-electron chi connectivity index (χ2n) is 7.59. The summed E-state index contributed by atoms with van der Waals surface area (Å²) in [6, 6.07) is 3.40. The molecule has 0 fully saturated rings. The second-order valence-corrected chi connectivity index (χ2v) is 8.80. The molecule has 1 aromatic rings. The predicted molar refractivity (Wildman–Crippen MR) is 100 cm³/mol. The lowest BCUT2D eigenvalue weighted by Crippen LogP contribution is -2.50. The van der Waals surface area contributed by atoms with E-state index in [2.05, 4.69) is 14.8 Å². The van der Waals surface area contributed by atoms with Crippen molar-refractivity contribution >= 4 is 23.4 Å². The summed E-state index contributed by atoms with van der Waals surface area (Å²) < 4.78 is 60.5. The molecule has 2 N–H and O–H groups in total. The van der Waals surface area contributed by atoms with Gasteiger partial charge in [0.05, 0.1) is 0 Å². The third kappa shape index (κ3) is 10.3. The van der Waals surface area contributed by atoms with Gasteiger partial charge in [-0.2, -0.15) is 4.72 Å². The Kier molecular flexibility index (Phi) is 8.64. The Morgan fingerprint density at radius 2 is 1.83 bits per heavy atom. The number of nitrogens with one attached hydrogen (secondary N) is 2. The Hall–Kier alpha value is -2.14. The van der Waals surface area contributed by atoms with Gasteiger partial charge in [0, 0.05) is 6.07 Å². The molecule has 11 heteroatoms. The summed E-state index contributed by atoms with van der Waals surface area (Å²) in [5.74, 6) is -1.31. The minimum Gasteiger partial charge on any atom is -0.588 e. The number of ether oxygens (including phenoxy) is 2. The molecular weight excluding hydrogens is 413 g/mol. The van der Waals surface area contributed by atoms with E-state index in [4.69, 9.17) is 4.74 Å². The largest absolute Gasteiger partial charge is 0.588 e. The normalized spacial score (nSPS) is 14.1. The van der Waals surface area contributed by atoms with E-state index in [1.165, 1.54) is 12.1 Å². The first-order valence-electron chi connectivity index (χ1n) is 8.74. The van der Waals surface area contributed by atoms with Gasteiger partial charge in [-0.25, -0.2) is 4.79 Å². The molecule has 0 aliphatic carbocycles. The summed E-state index contributed by atoms with van der Waals surface area (Å²) in [5, 5.41) is 2.42. The van der Waals surface area contributed by atoms with Crippen LogP contribution in [-0.4, -0.2) is 34.6 Å². The van der Waals surface area contributed by atoms with Gasteiger partial charge in [0.25, 0.3) is 5.91 Å². The van der Waals surface area contributed by atoms with Crippen LogP contribution in [0.3, 0.4) is 0 Å². The van der Waals surface area contributed by atoms with Crippen LogP contribution in [0, 0.1) is 5.92 Å². The second kappa shape index (κ2) is 10.1. The summed E-state index contributed by atoms with van der Waals surface area (Å²) >= 11 is -2.16. The molecule has 2 atom stereocenters. The number of hydrogen-bond acceptors (Lipinski definition) is 5. The quantitative estimate of drug-likeness (QED) is 0.633. The first-order valence-corrected chi connectivity index (χ1v) is 9.89. The number of rotatable bonds is 7. The monoisotopic (exact) mass is 438 g/mol. The lowest BCUT2D eigenvalue weighted by atomic mass is 10.0. The maximum absolute atomic E-state index is 12.5. The van der Waals surface area contributed by atoms with Crippen molar-refractivity contribution < 1.29 is 36.8 Å². The third-order valence-corrected chi connectivity index (χ3v) is 4.23. The van der Waals surface area contributed by atoms with Crippen LogP contribution < -0.4 is 14.8 Å². The average molecular weight is 438 g/mol. The van der Waals surface area contributed by atoms with Gasteiger partial charge in [-0.3, -0.25) is 4.79 Å². The fourth-order valence-electron chi connectivity index (χ4n) is 2.16. The van der Waals surface area contributed by atoms with Crippen molar-refractivity contribution in [2.45, 2.75) is 63.9 Å². The molecule has 7 nitrogen and oxygen atoms in total. The summed E-state index contributed by atoms with van der Waals surface area (Å²) in [5.41, 5.74) is -0.773. The smallest absolute Gasteiger partial charge is 0.573 e. The molecule has 1 rings (SSSR count). The zero-order valence-corrected chi connectivity index (χ0v) is 17.6. The number of hydrogen-bond donors (Lipinski definition) is 2. The van der Waals surface area contributed by atoms with Crippen LogP contribution in [0.4, 0.5) is 18.0 Å². The van der Waals surface area contributed by atoms with E-state index >= 15 is 0 Å². The van der Waals surface area contributed by atoms with Crippen molar-refractivity contribution in [3.8, 4) is 5.75 Å². The fourth-order valence-corrected chi connectivity index (χ4v) is 3.03. The van der Waals surface area contributed by atoms with Crippen molar-refractivity contribution in [2.75, 3.05) is 0 Å². The average Bonchev–Trinajstić information content (AvgIpc) is 2.50. The van der Waals surface area contributed by atoms with E-state index in [9.17, 15) is 27.3 Å². The van der Waals surface area contributed by atoms with Crippen LogP contribution in [0.15, 0.2) is 29.2 Å². The van der Waals surface area contributed by atoms with Crippen LogP contribution in [0.1, 0.15) is 41.0 Å². The molecule has 0 heterocycles. The topological polar surface area (TPSA) is 99.7 Å². The fraction of sp³-hybridized carbons (Fsp3) is 0.556. The Balaban J connectivity index is 2.85. The zero-order valence-electron chi connectivity index (χ0n) is 16.8. The molecule has 0 spiro atoms. The Morgan fingerprint density at radius 3 is 2.34 bits per heavy atom. The number of halogens is 3. The van der Waals surface area contributed by atoms with E-state index in [0.29, 0.717) is 0 Å². The van der Waals surface area contributed by atoms with E-state index in [0.717, 1.165) is 12.1 Å². The van der Waals surface area contributed by atoms with Gasteiger partial charge in [-0.1, -0.05) is 19.9 Å². The number of carbonyl (C=O) groups excluding carboxylic acids is 2. The SMILES string of the molecule is CC(C)C[C@H](NC(=O)OC(C)(C)C)C(=O)N[S+]([O-])c1cccc(OC(F)(F)F)c1. The molecule has 164 valence electrons. The highest BCUT2D eigenvalue weighted by molar-refractivity contribution is 7.90. The maximum Gasteiger partial charge on any atom is 0.573 e. The number of benzene rings is 1. The Bertz CT molecular complexity index is 707. The summed E-state index contributed by atoms with van der Waals surface area (Å²) in [6.07, 6.45) is -5.48. The van der Waals surface area contributed by atoms with Crippen molar-refractivity contribution in [3.63, 3.8) is 0 Å². The highest BCUT2D eigenvalue weighted by atomic mass is 32.2. The summed E-state index contributed by atoms with van der Waals surface area (Å²) in [4.78, 5) is 24.4. The van der Waals surface area contributed by atoms with Gasteiger partial charge in [-0.05, 0) is 45.2 Å². The molecule has 0 saturated heterocycles. The first-order chi connectivity index (χ1) is 13.2. The lowest BCUT2D eigenvalue weighted by molar-refractivity contribution is -0.274. The Labute approximate surface area is 170 Å². The number of amides is 2. The van der Waals surface area contributed by atoms with E-state index in [1.807, 2.05) is 13.8 Å². The van der Waals surface area contributed by atoms with Gasteiger partial charge < -0.3 is 19.3 Å². The van der Waals surface area contributed by atoms with E-state index in [1.54, 1.807) is 20.8 Å². The van der Waals surface area contributed by atoms with Crippen molar-refractivity contribution in [2.24, 2.45) is 5.92 Å². The standard InChI is InChI=1S/C18H25F3N2O5S/c1-11(2)9-14(22-16(25)28-17(3,4)5)15(24)23-29(26)13-8-6-7-12(10-13)27-18(19,20)21/h6-8,10-11,14H,9H2,1-5H3,(H,22,25)(H,23,24)/t14-,29?/m0/s1. The van der Waals surface area contributed by atoms with Crippen LogP contribution >= 0.6 is 0 Å². The molecule has 29 heavy (non-hydrogen) atoms. The molecule has 1 aromatic carbocycles. The van der Waals surface area contributed by atoms with Crippen molar-refractivity contribution in [1.29, 1.82) is 0 Å². The van der Waals surface area contributed by atoms with Gasteiger partial charge in [-0.15, -0.1) is 13.2 Å². The summed E-state index contributed by atoms with van der Waals surface area (Å²) in [6.45, 7) is 8.64. The molecule has 0 saturated carbocycles. The molecular formula is C18H25F3N2O5S. The third-order valence-electron chi connectivity index (χ3n) is 3.16. The van der Waals surface area contributed by atoms with Crippen LogP contribution in [0.5, 0.6) is 5.75 Å². The van der Waals surface area contributed by atoms with Crippen molar-refractivity contribution in [3.05, 3.63) is 24.3 Å². The van der Waals surface area contributed by atoms with Crippen molar-refractivity contribution in [1.82, 2.24) is 10.0 Å². The number of carbonyl (C=O) groups is 2. The maximum atomic E-state index is 12.5. The van der Waals surface area contributed by atoms with Crippen LogP contribution in [0.2, 0.25) is 0 Å². The molecule has 0 bridgehead atoms. The molecule has 0 aliphatic heterocycles. The lowest BCUT2D eigenvalue weighted by Gasteiger charge is -2.24. The number of alkyl halides is 3. The van der Waals surface area contributed by atoms with Crippen LogP contribution in [-0.2, 0) is 20.9 Å². The van der Waals surface area contributed by atoms with Gasteiger partial charge in [0.15, 0.2) is 4.90 Å². The van der Waals surface area contributed by atoms with Gasteiger partial charge in [0.2, 0.25) is 0 Å². The van der Waals surface area contributed by atoms with Gasteiger partial charge in [0.1, 0.15) is 28.8 Å². The molecule has 0 aliphatic rings. The first kappa shape index (κ1) is 24.9. The minimum atomic E-state index is -4.90. The summed E-state index contributed by atoms with van der Waals surface area (Å²) in [7, 11) is 0. The van der Waals surface area contributed by atoms with Crippen LogP contribution in [0.25, 0.3) is 0 Å². The molecule has 1 unspecified atom stereocenters. The number of alkyl carbamates (subject to hydrolysis) is 1. The highest BCUT2D eigenvalue weighted by Gasteiger charge is 2.32. The van der Waals surface area contributed by atoms with E-state index in [-0.39, 0.29) is 17.2 Å².